The van der Waals surface area contributed by atoms with Crippen molar-refractivity contribution in [3.8, 4) is 11.1 Å². The van der Waals surface area contributed by atoms with Crippen LogP contribution < -0.4 is 28.1 Å². The SMILES string of the molecule is CCC1=CC[C]([Zr+2][c]2cccc3c2Cc2ccccc2-3)=C1CC.[Cl-].[Cl-]. The van der Waals surface area contributed by atoms with Crippen LogP contribution in [0.25, 0.3) is 11.1 Å². The molecule has 0 spiro atoms. The quantitative estimate of drug-likeness (QED) is 0.499. The smallest absolute Gasteiger partial charge is 1.00 e. The summed E-state index contributed by atoms with van der Waals surface area (Å²) in [5.41, 5.74) is 9.43. The molecule has 0 bridgehead atoms. The normalized spacial score (nSPS) is 14.1. The van der Waals surface area contributed by atoms with Gasteiger partial charge in [0.2, 0.25) is 0 Å². The maximum Gasteiger partial charge on any atom is -1.00 e. The van der Waals surface area contributed by atoms with Crippen molar-refractivity contribution in [3.05, 3.63) is 74.1 Å². The molecule has 0 saturated carbocycles. The van der Waals surface area contributed by atoms with Gasteiger partial charge in [0.15, 0.2) is 0 Å². The molecule has 0 unspecified atom stereocenters. The van der Waals surface area contributed by atoms with E-state index in [4.69, 9.17) is 0 Å². The van der Waals surface area contributed by atoms with Gasteiger partial charge in [0.05, 0.1) is 0 Å². The zero-order valence-electron chi connectivity index (χ0n) is 14.7. The molecule has 2 aromatic rings. The van der Waals surface area contributed by atoms with E-state index in [0.29, 0.717) is 0 Å². The predicted octanol–water partition coefficient (Wildman–Crippen LogP) is -0.622. The second-order valence-electron chi connectivity index (χ2n) is 6.39. The van der Waals surface area contributed by atoms with E-state index >= 15 is 0 Å². The molecule has 0 aliphatic heterocycles. The molecule has 128 valence electrons. The molecule has 4 rings (SSSR count). The number of hydrogen-bond donors (Lipinski definition) is 0. The maximum atomic E-state index is 2.49. The predicted molar refractivity (Wildman–Crippen MR) is 94.6 cm³/mol. The molecule has 0 aromatic heterocycles. The Morgan fingerprint density at radius 2 is 1.64 bits per heavy atom. The molecule has 3 heteroatoms. The van der Waals surface area contributed by atoms with Crippen LogP contribution in [-0.4, -0.2) is 0 Å². The summed E-state index contributed by atoms with van der Waals surface area (Å²) < 4.78 is 3.52. The van der Waals surface area contributed by atoms with E-state index in [-0.39, 0.29) is 24.8 Å². The summed E-state index contributed by atoms with van der Waals surface area (Å²) in [6.07, 6.45) is 7.28. The Morgan fingerprint density at radius 3 is 2.40 bits per heavy atom. The summed E-state index contributed by atoms with van der Waals surface area (Å²) in [5.74, 6) is 0. The summed E-state index contributed by atoms with van der Waals surface area (Å²) in [4.78, 5) is 0. The first-order valence-electron chi connectivity index (χ1n) is 8.70. The van der Waals surface area contributed by atoms with Crippen LogP contribution in [-0.2, 0) is 29.7 Å². The van der Waals surface area contributed by atoms with Gasteiger partial charge in [-0.1, -0.05) is 0 Å². The van der Waals surface area contributed by atoms with Crippen molar-refractivity contribution in [1.82, 2.24) is 0 Å². The molecule has 0 atom stereocenters. The number of allylic oxidation sites excluding steroid dienone is 4. The zero-order chi connectivity index (χ0) is 15.8. The largest absolute Gasteiger partial charge is 1.00 e. The van der Waals surface area contributed by atoms with E-state index in [0.717, 1.165) is 6.42 Å². The van der Waals surface area contributed by atoms with Crippen molar-refractivity contribution in [1.29, 1.82) is 0 Å². The maximum absolute atomic E-state index is 2.49. The van der Waals surface area contributed by atoms with Crippen LogP contribution in [0.1, 0.15) is 44.2 Å². The molecule has 25 heavy (non-hydrogen) atoms. The first-order chi connectivity index (χ1) is 11.3. The third-order valence-electron chi connectivity index (χ3n) is 5.18. The molecule has 0 nitrogen and oxygen atoms in total. The molecule has 0 N–H and O–H groups in total. The fourth-order valence-corrected chi connectivity index (χ4v) is 7.89. The van der Waals surface area contributed by atoms with Gasteiger partial charge in [-0.2, -0.15) is 0 Å². The Labute approximate surface area is 175 Å². The molecule has 0 radical (unpaired) electrons. The van der Waals surface area contributed by atoms with Gasteiger partial charge >= 0.3 is 151 Å². The Kier molecular flexibility index (Phi) is 7.33. The molecule has 2 aliphatic carbocycles. The summed E-state index contributed by atoms with van der Waals surface area (Å²) in [6, 6.07) is 16.0. The van der Waals surface area contributed by atoms with Gasteiger partial charge in [0.1, 0.15) is 0 Å². The first-order valence-corrected chi connectivity index (χ1v) is 11.2. The number of fused-ring (bicyclic) bond motifs is 3. The Hall–Kier alpha value is -0.617. The topological polar surface area (TPSA) is 0 Å². The standard InChI is InChI=1S/C13H9.C9H13.2ClH.Zr/c1-3-7-12-10(5-1)9-11-6-2-4-8-13(11)12;1-3-8-6-5-7-9(8)4-2;;;/h1-5,7-8H,9H2;6H,3-5H2,1-2H3;2*1H;/q;;;;+2/p-2. The van der Waals surface area contributed by atoms with E-state index < -0.39 is 23.2 Å². The number of halogens is 2. The summed E-state index contributed by atoms with van der Waals surface area (Å²) in [6.45, 7) is 4.63. The fourth-order valence-electron chi connectivity index (χ4n) is 4.03. The number of hydrogen-bond acceptors (Lipinski definition) is 0. The summed E-state index contributed by atoms with van der Waals surface area (Å²) in [7, 11) is 0. The fraction of sp³-hybridized carbons (Fsp3) is 0.273. The number of benzene rings is 2. The van der Waals surface area contributed by atoms with Gasteiger partial charge in [-0.3, -0.25) is 0 Å². The van der Waals surface area contributed by atoms with Crippen molar-refractivity contribution in [3.63, 3.8) is 0 Å². The minimum absolute atomic E-state index is 0. The average molecular weight is 449 g/mol. The van der Waals surface area contributed by atoms with E-state index in [1.165, 1.54) is 36.0 Å². The van der Waals surface area contributed by atoms with E-state index in [1.807, 2.05) is 3.28 Å². The van der Waals surface area contributed by atoms with Crippen LogP contribution in [0.4, 0.5) is 0 Å². The molecule has 0 heterocycles. The van der Waals surface area contributed by atoms with Crippen LogP contribution in [0.3, 0.4) is 0 Å². The molecular formula is C22H22Cl2Zr. The van der Waals surface area contributed by atoms with Crippen LogP contribution in [0.2, 0.25) is 0 Å². The monoisotopic (exact) mass is 446 g/mol. The van der Waals surface area contributed by atoms with Crippen LogP contribution in [0.15, 0.2) is 63.0 Å². The van der Waals surface area contributed by atoms with E-state index in [9.17, 15) is 0 Å². The Balaban J connectivity index is 0.00000113. The van der Waals surface area contributed by atoms with Gasteiger partial charge in [0.25, 0.3) is 0 Å². The van der Waals surface area contributed by atoms with E-state index in [1.54, 1.807) is 20.0 Å². The molecule has 0 amide bonds. The third kappa shape index (κ3) is 3.75. The van der Waals surface area contributed by atoms with Crippen LogP contribution in [0, 0.1) is 0 Å². The molecule has 0 saturated heterocycles. The summed E-state index contributed by atoms with van der Waals surface area (Å²) in [5, 5.41) is 0. The van der Waals surface area contributed by atoms with Gasteiger partial charge in [-0.05, 0) is 0 Å². The minimum Gasteiger partial charge on any atom is -1.00 e. The second kappa shape index (κ2) is 8.85. The van der Waals surface area contributed by atoms with Gasteiger partial charge < -0.3 is 24.8 Å². The number of rotatable bonds is 4. The second-order valence-corrected chi connectivity index (χ2v) is 9.81. The van der Waals surface area contributed by atoms with Crippen molar-refractivity contribution in [2.45, 2.75) is 39.5 Å². The Morgan fingerprint density at radius 1 is 0.880 bits per heavy atom. The van der Waals surface area contributed by atoms with Crippen molar-refractivity contribution in [2.24, 2.45) is 0 Å². The summed E-state index contributed by atoms with van der Waals surface area (Å²) >= 11 is -0.672. The van der Waals surface area contributed by atoms with Crippen LogP contribution in [0.5, 0.6) is 0 Å². The third-order valence-corrected chi connectivity index (χ3v) is 8.97. The zero-order valence-corrected chi connectivity index (χ0v) is 18.7. The first kappa shape index (κ1) is 20.7. The van der Waals surface area contributed by atoms with Crippen molar-refractivity contribution >= 4 is 3.27 Å². The van der Waals surface area contributed by atoms with Gasteiger partial charge in [-0.15, -0.1) is 0 Å². The minimum atomic E-state index is -0.672. The molecule has 2 aliphatic rings. The molecule has 0 fully saturated rings. The average Bonchev–Trinajstić information content (AvgIpc) is 3.16. The van der Waals surface area contributed by atoms with E-state index in [2.05, 4.69) is 62.4 Å². The molecule has 2 aromatic carbocycles. The molecular weight excluding hydrogens is 426 g/mol. The van der Waals surface area contributed by atoms with Gasteiger partial charge in [0, 0.05) is 0 Å². The van der Waals surface area contributed by atoms with Crippen molar-refractivity contribution in [2.75, 3.05) is 0 Å². The van der Waals surface area contributed by atoms with Crippen molar-refractivity contribution < 1.29 is 48.0 Å². The Bertz CT molecular complexity index is 834. The van der Waals surface area contributed by atoms with Gasteiger partial charge in [-0.25, -0.2) is 0 Å². The van der Waals surface area contributed by atoms with Crippen LogP contribution >= 0.6 is 0 Å².